The van der Waals surface area contributed by atoms with E-state index in [1.165, 1.54) is 12.1 Å². The van der Waals surface area contributed by atoms with Crippen molar-refractivity contribution < 1.29 is 4.74 Å². The van der Waals surface area contributed by atoms with Crippen LogP contribution in [0.15, 0.2) is 28.7 Å². The molecule has 3 heteroatoms. The van der Waals surface area contributed by atoms with E-state index in [0.29, 0.717) is 0 Å². The summed E-state index contributed by atoms with van der Waals surface area (Å²) in [6.45, 7) is 1.10. The summed E-state index contributed by atoms with van der Waals surface area (Å²) >= 11 is 3.44. The first-order valence-electron chi connectivity index (χ1n) is 4.86. The van der Waals surface area contributed by atoms with E-state index in [0.717, 1.165) is 17.4 Å². The van der Waals surface area contributed by atoms with Crippen LogP contribution < -0.4 is 4.90 Å². The maximum absolute atomic E-state index is 5.42. The van der Waals surface area contributed by atoms with E-state index in [1.807, 2.05) is 0 Å². The summed E-state index contributed by atoms with van der Waals surface area (Å²) in [5.74, 6) is 0. The molecule has 0 N–H and O–H groups in total. The minimum absolute atomic E-state index is 0.260. The van der Waals surface area contributed by atoms with E-state index in [9.17, 15) is 0 Å². The van der Waals surface area contributed by atoms with E-state index in [4.69, 9.17) is 4.74 Å². The van der Waals surface area contributed by atoms with Crippen LogP contribution in [0.1, 0.15) is 12.8 Å². The number of hydrogen-bond acceptors (Lipinski definition) is 2. The van der Waals surface area contributed by atoms with Crippen LogP contribution in [0.2, 0.25) is 0 Å². The summed E-state index contributed by atoms with van der Waals surface area (Å²) in [4.78, 5) is 2.31. The average molecular weight is 256 g/mol. The molecule has 1 aliphatic rings. The van der Waals surface area contributed by atoms with E-state index in [-0.39, 0.29) is 6.23 Å². The van der Waals surface area contributed by atoms with Crippen molar-refractivity contribution in [2.75, 3.05) is 18.6 Å². The summed E-state index contributed by atoms with van der Waals surface area (Å²) in [7, 11) is 1.78. The van der Waals surface area contributed by atoms with Gasteiger partial charge in [0.05, 0.1) is 0 Å². The van der Waals surface area contributed by atoms with Crippen LogP contribution in [0.25, 0.3) is 0 Å². The highest BCUT2D eigenvalue weighted by molar-refractivity contribution is 9.10. The molecule has 1 atom stereocenters. The highest BCUT2D eigenvalue weighted by Crippen LogP contribution is 2.26. The van der Waals surface area contributed by atoms with Crippen LogP contribution >= 0.6 is 15.9 Å². The van der Waals surface area contributed by atoms with Crippen LogP contribution in [-0.2, 0) is 4.74 Å². The van der Waals surface area contributed by atoms with Crippen molar-refractivity contribution in [3.8, 4) is 0 Å². The van der Waals surface area contributed by atoms with Crippen LogP contribution in [0.3, 0.4) is 0 Å². The van der Waals surface area contributed by atoms with Crippen LogP contribution in [0.5, 0.6) is 0 Å². The van der Waals surface area contributed by atoms with Crippen molar-refractivity contribution in [2.45, 2.75) is 19.1 Å². The zero-order valence-electron chi connectivity index (χ0n) is 8.24. The SMILES string of the molecule is COC1CCCN1c1ccc(Br)cc1. The molecule has 1 heterocycles. The van der Waals surface area contributed by atoms with Gasteiger partial charge < -0.3 is 9.64 Å². The number of benzene rings is 1. The summed E-state index contributed by atoms with van der Waals surface area (Å²) in [6, 6.07) is 8.39. The normalized spacial score (nSPS) is 21.6. The summed E-state index contributed by atoms with van der Waals surface area (Å²) in [5, 5.41) is 0. The molecule has 1 aromatic rings. The second-order valence-corrected chi connectivity index (χ2v) is 4.42. The van der Waals surface area contributed by atoms with E-state index in [1.54, 1.807) is 7.11 Å². The van der Waals surface area contributed by atoms with Gasteiger partial charge in [0.2, 0.25) is 0 Å². The molecule has 2 nitrogen and oxygen atoms in total. The van der Waals surface area contributed by atoms with Crippen molar-refractivity contribution in [3.05, 3.63) is 28.7 Å². The lowest BCUT2D eigenvalue weighted by atomic mass is 10.3. The molecule has 2 rings (SSSR count). The Morgan fingerprint density at radius 2 is 2.07 bits per heavy atom. The first-order valence-corrected chi connectivity index (χ1v) is 5.65. The standard InChI is InChI=1S/C11H14BrNO/c1-14-11-3-2-8-13(11)10-6-4-9(12)5-7-10/h4-7,11H,2-3,8H2,1H3. The molecule has 0 saturated carbocycles. The van der Waals surface area contributed by atoms with Gasteiger partial charge in [0, 0.05) is 23.8 Å². The number of halogens is 1. The molecule has 0 amide bonds. The molecule has 1 saturated heterocycles. The molecule has 1 fully saturated rings. The van der Waals surface area contributed by atoms with Crippen molar-refractivity contribution in [3.63, 3.8) is 0 Å². The lowest BCUT2D eigenvalue weighted by molar-refractivity contribution is 0.111. The fraction of sp³-hybridized carbons (Fsp3) is 0.455. The topological polar surface area (TPSA) is 12.5 Å². The summed E-state index contributed by atoms with van der Waals surface area (Å²) < 4.78 is 6.54. The second kappa shape index (κ2) is 4.32. The maximum Gasteiger partial charge on any atom is 0.129 e. The number of methoxy groups -OCH3 is 1. The Bertz CT molecular complexity index is 299. The third-order valence-corrected chi connectivity index (χ3v) is 3.16. The molecule has 1 aliphatic heterocycles. The van der Waals surface area contributed by atoms with E-state index >= 15 is 0 Å². The lowest BCUT2D eigenvalue weighted by Gasteiger charge is -2.25. The third-order valence-electron chi connectivity index (χ3n) is 2.63. The van der Waals surface area contributed by atoms with Gasteiger partial charge in [-0.2, -0.15) is 0 Å². The first-order chi connectivity index (χ1) is 6.81. The Hall–Kier alpha value is -0.540. The van der Waals surface area contributed by atoms with Gasteiger partial charge in [-0.15, -0.1) is 0 Å². The Morgan fingerprint density at radius 3 is 2.71 bits per heavy atom. The molecule has 76 valence electrons. The summed E-state index contributed by atoms with van der Waals surface area (Å²) in [6.07, 6.45) is 2.61. The van der Waals surface area contributed by atoms with Gasteiger partial charge >= 0.3 is 0 Å². The number of hydrogen-bond donors (Lipinski definition) is 0. The van der Waals surface area contributed by atoms with Gasteiger partial charge in [0.25, 0.3) is 0 Å². The van der Waals surface area contributed by atoms with Gasteiger partial charge in [-0.25, -0.2) is 0 Å². The van der Waals surface area contributed by atoms with Gasteiger partial charge in [-0.3, -0.25) is 0 Å². The zero-order chi connectivity index (χ0) is 9.97. The Morgan fingerprint density at radius 1 is 1.36 bits per heavy atom. The fourth-order valence-corrected chi connectivity index (χ4v) is 2.17. The van der Waals surface area contributed by atoms with E-state index in [2.05, 4.69) is 45.1 Å². The highest BCUT2D eigenvalue weighted by Gasteiger charge is 2.23. The molecule has 0 radical (unpaired) electrons. The molecular formula is C11H14BrNO. The minimum atomic E-state index is 0.260. The van der Waals surface area contributed by atoms with Crippen LogP contribution in [0.4, 0.5) is 5.69 Å². The predicted molar refractivity (Wildman–Crippen MR) is 61.5 cm³/mol. The number of rotatable bonds is 2. The molecular weight excluding hydrogens is 242 g/mol. The Balaban J connectivity index is 2.17. The largest absolute Gasteiger partial charge is 0.362 e. The molecule has 0 aromatic heterocycles. The quantitative estimate of drug-likeness (QED) is 0.806. The van der Waals surface area contributed by atoms with Gasteiger partial charge in [0.1, 0.15) is 6.23 Å². The Labute approximate surface area is 93.0 Å². The van der Waals surface area contributed by atoms with Crippen molar-refractivity contribution in [2.24, 2.45) is 0 Å². The predicted octanol–water partition coefficient (Wildman–Crippen LogP) is 3.02. The maximum atomic E-state index is 5.42. The minimum Gasteiger partial charge on any atom is -0.362 e. The van der Waals surface area contributed by atoms with Crippen molar-refractivity contribution in [1.82, 2.24) is 0 Å². The third kappa shape index (κ3) is 1.93. The molecule has 0 aliphatic carbocycles. The fourth-order valence-electron chi connectivity index (χ4n) is 1.91. The molecule has 0 bridgehead atoms. The lowest BCUT2D eigenvalue weighted by Crippen LogP contribution is -2.30. The molecule has 0 spiro atoms. The van der Waals surface area contributed by atoms with Gasteiger partial charge in [0.15, 0.2) is 0 Å². The smallest absolute Gasteiger partial charge is 0.129 e. The van der Waals surface area contributed by atoms with Gasteiger partial charge in [-0.1, -0.05) is 15.9 Å². The molecule has 14 heavy (non-hydrogen) atoms. The second-order valence-electron chi connectivity index (χ2n) is 3.50. The van der Waals surface area contributed by atoms with Crippen LogP contribution in [0, 0.1) is 0 Å². The number of ether oxygens (including phenoxy) is 1. The van der Waals surface area contributed by atoms with Crippen molar-refractivity contribution >= 4 is 21.6 Å². The monoisotopic (exact) mass is 255 g/mol. The van der Waals surface area contributed by atoms with E-state index < -0.39 is 0 Å². The molecule has 1 unspecified atom stereocenters. The van der Waals surface area contributed by atoms with Crippen molar-refractivity contribution in [1.29, 1.82) is 0 Å². The van der Waals surface area contributed by atoms with Crippen LogP contribution in [-0.4, -0.2) is 19.9 Å². The molecule has 1 aromatic carbocycles. The first kappa shape index (κ1) is 9.99. The highest BCUT2D eigenvalue weighted by atomic mass is 79.9. The number of anilines is 1. The zero-order valence-corrected chi connectivity index (χ0v) is 9.83. The average Bonchev–Trinajstić information content (AvgIpc) is 2.67. The summed E-state index contributed by atoms with van der Waals surface area (Å²) in [5.41, 5.74) is 1.25. The number of nitrogens with zero attached hydrogens (tertiary/aromatic N) is 1. The Kier molecular flexibility index (Phi) is 3.08. The van der Waals surface area contributed by atoms with Gasteiger partial charge in [-0.05, 0) is 37.1 Å².